The molecule has 0 aliphatic carbocycles. The summed E-state index contributed by atoms with van der Waals surface area (Å²) in [6.07, 6.45) is 1.84. The molecule has 0 bridgehead atoms. The number of hydrogen-bond acceptors (Lipinski definition) is 6. The Morgan fingerprint density at radius 1 is 1.04 bits per heavy atom. The van der Waals surface area contributed by atoms with Crippen molar-refractivity contribution in [1.82, 2.24) is 20.3 Å². The van der Waals surface area contributed by atoms with Crippen molar-refractivity contribution in [2.45, 2.75) is 17.0 Å². The number of halogens is 2. The van der Waals surface area contributed by atoms with E-state index in [0.717, 1.165) is 37.1 Å². The van der Waals surface area contributed by atoms with E-state index in [1.807, 2.05) is 13.1 Å². The number of aryl methyl sites for hydroxylation is 1. The summed E-state index contributed by atoms with van der Waals surface area (Å²) in [5.41, 5.74) is 1.56. The van der Waals surface area contributed by atoms with Crippen molar-refractivity contribution >= 4 is 51.5 Å². The summed E-state index contributed by atoms with van der Waals surface area (Å²) in [5.74, 6) is 0.680. The van der Waals surface area contributed by atoms with E-state index in [2.05, 4.69) is 25.2 Å². The zero-order valence-electron chi connectivity index (χ0n) is 14.7. The van der Waals surface area contributed by atoms with Gasteiger partial charge in [0.1, 0.15) is 11.5 Å². The third kappa shape index (κ3) is 3.89. The molecule has 0 radical (unpaired) electrons. The SMILES string of the molecule is Cc1c[nH]c2nc(S(=O)(=O)c3ccccc3)nc(N3CCNCC3)c12.Cl.Cl. The van der Waals surface area contributed by atoms with Crippen molar-refractivity contribution in [1.29, 1.82) is 0 Å². The maximum Gasteiger partial charge on any atom is 0.256 e. The van der Waals surface area contributed by atoms with Crippen LogP contribution in [0.2, 0.25) is 0 Å². The van der Waals surface area contributed by atoms with Crippen molar-refractivity contribution in [3.05, 3.63) is 42.1 Å². The summed E-state index contributed by atoms with van der Waals surface area (Å²) in [7, 11) is -3.77. The average Bonchev–Trinajstić information content (AvgIpc) is 3.03. The van der Waals surface area contributed by atoms with Crippen LogP contribution in [0.1, 0.15) is 5.56 Å². The fourth-order valence-electron chi connectivity index (χ4n) is 3.08. The molecule has 2 aromatic heterocycles. The Balaban J connectivity index is 0.00000131. The van der Waals surface area contributed by atoms with E-state index >= 15 is 0 Å². The number of sulfone groups is 1. The molecule has 1 aliphatic heterocycles. The quantitative estimate of drug-likeness (QED) is 0.620. The molecule has 0 saturated carbocycles. The molecule has 1 aliphatic rings. The van der Waals surface area contributed by atoms with Gasteiger partial charge in [-0.1, -0.05) is 18.2 Å². The van der Waals surface area contributed by atoms with Gasteiger partial charge >= 0.3 is 0 Å². The molecule has 1 saturated heterocycles. The molecule has 146 valence electrons. The van der Waals surface area contributed by atoms with Crippen LogP contribution in [0.3, 0.4) is 0 Å². The number of hydrogen-bond donors (Lipinski definition) is 2. The number of nitrogens with one attached hydrogen (secondary N) is 2. The van der Waals surface area contributed by atoms with Gasteiger partial charge in [-0.3, -0.25) is 0 Å². The van der Waals surface area contributed by atoms with E-state index in [9.17, 15) is 8.42 Å². The highest BCUT2D eigenvalue weighted by Gasteiger charge is 2.26. The second kappa shape index (κ2) is 8.43. The van der Waals surface area contributed by atoms with E-state index < -0.39 is 9.84 Å². The molecule has 7 nitrogen and oxygen atoms in total. The normalized spacial score (nSPS) is 14.5. The molecule has 3 aromatic rings. The van der Waals surface area contributed by atoms with Gasteiger partial charge in [-0.15, -0.1) is 24.8 Å². The maximum atomic E-state index is 12.9. The lowest BCUT2D eigenvalue weighted by molar-refractivity contribution is 0.577. The first-order valence-corrected chi connectivity index (χ1v) is 9.67. The van der Waals surface area contributed by atoms with Crippen LogP contribution in [0.25, 0.3) is 11.0 Å². The topological polar surface area (TPSA) is 91.0 Å². The van der Waals surface area contributed by atoms with E-state index in [4.69, 9.17) is 0 Å². The predicted octanol–water partition coefficient (Wildman–Crippen LogP) is 2.35. The third-order valence-electron chi connectivity index (χ3n) is 4.40. The number of rotatable bonds is 3. The molecule has 2 N–H and O–H groups in total. The summed E-state index contributed by atoms with van der Waals surface area (Å²) >= 11 is 0. The highest BCUT2D eigenvalue weighted by molar-refractivity contribution is 7.91. The second-order valence-corrected chi connectivity index (χ2v) is 7.92. The number of nitrogens with zero attached hydrogens (tertiary/aromatic N) is 3. The Morgan fingerprint density at radius 3 is 2.37 bits per heavy atom. The van der Waals surface area contributed by atoms with Crippen LogP contribution in [0.5, 0.6) is 0 Å². The fourth-order valence-corrected chi connectivity index (χ4v) is 4.22. The standard InChI is InChI=1S/C17H19N5O2S.2ClH/c1-12-11-19-15-14(12)16(22-9-7-18-8-10-22)21-17(20-15)25(23,24)13-5-3-2-4-6-13;;/h2-6,11,18H,7-10H2,1H3,(H,19,20,21);2*1H. The molecule has 0 spiro atoms. The van der Waals surface area contributed by atoms with Gasteiger partial charge in [-0.2, -0.15) is 9.97 Å². The number of benzene rings is 1. The number of fused-ring (bicyclic) bond motifs is 1. The number of H-pyrrole nitrogens is 1. The van der Waals surface area contributed by atoms with Gasteiger partial charge in [0.2, 0.25) is 9.84 Å². The Bertz CT molecular complexity index is 1020. The van der Waals surface area contributed by atoms with Crippen LogP contribution in [-0.4, -0.2) is 49.5 Å². The van der Waals surface area contributed by atoms with E-state index in [1.54, 1.807) is 30.3 Å². The van der Waals surface area contributed by atoms with Crippen molar-refractivity contribution in [3.63, 3.8) is 0 Å². The van der Waals surface area contributed by atoms with Gasteiger partial charge in [0.05, 0.1) is 10.3 Å². The smallest absolute Gasteiger partial charge is 0.256 e. The molecule has 10 heteroatoms. The summed E-state index contributed by atoms with van der Waals surface area (Å²) in [6.45, 7) is 5.22. The molecule has 0 amide bonds. The number of anilines is 1. The Labute approximate surface area is 170 Å². The molecular formula is C17H21Cl2N5O2S. The van der Waals surface area contributed by atoms with E-state index in [0.29, 0.717) is 11.5 Å². The van der Waals surface area contributed by atoms with Crippen molar-refractivity contribution in [2.24, 2.45) is 0 Å². The van der Waals surface area contributed by atoms with Gasteiger partial charge in [-0.25, -0.2) is 8.42 Å². The number of piperazine rings is 1. The molecule has 4 rings (SSSR count). The summed E-state index contributed by atoms with van der Waals surface area (Å²) in [5, 5.41) is 4.02. The summed E-state index contributed by atoms with van der Waals surface area (Å²) < 4.78 is 25.9. The highest BCUT2D eigenvalue weighted by atomic mass is 35.5. The molecule has 27 heavy (non-hydrogen) atoms. The maximum absolute atomic E-state index is 12.9. The molecule has 3 heterocycles. The van der Waals surface area contributed by atoms with Crippen molar-refractivity contribution in [2.75, 3.05) is 31.1 Å². The first-order valence-electron chi connectivity index (χ1n) is 8.19. The molecule has 1 aromatic carbocycles. The molecule has 0 unspecified atom stereocenters. The van der Waals surface area contributed by atoms with E-state index in [1.165, 1.54) is 0 Å². The van der Waals surface area contributed by atoms with Gasteiger partial charge in [0.25, 0.3) is 5.16 Å². The highest BCUT2D eigenvalue weighted by Crippen LogP contribution is 2.29. The van der Waals surface area contributed by atoms with E-state index in [-0.39, 0.29) is 34.9 Å². The summed E-state index contributed by atoms with van der Waals surface area (Å²) in [4.78, 5) is 14.2. The lowest BCUT2D eigenvalue weighted by Gasteiger charge is -2.29. The fraction of sp³-hybridized carbons (Fsp3) is 0.294. The zero-order chi connectivity index (χ0) is 17.4. The first kappa shape index (κ1) is 21.4. The van der Waals surface area contributed by atoms with Crippen LogP contribution >= 0.6 is 24.8 Å². The molecule has 0 atom stereocenters. The van der Waals surface area contributed by atoms with Gasteiger partial charge < -0.3 is 15.2 Å². The minimum absolute atomic E-state index is 0. The van der Waals surface area contributed by atoms with Crippen LogP contribution in [-0.2, 0) is 9.84 Å². The molecular weight excluding hydrogens is 409 g/mol. The van der Waals surface area contributed by atoms with Gasteiger partial charge in [-0.05, 0) is 24.6 Å². The number of aromatic nitrogens is 3. The van der Waals surface area contributed by atoms with Crippen LogP contribution in [0.15, 0.2) is 46.6 Å². The predicted molar refractivity (Wildman–Crippen MR) is 110 cm³/mol. The average molecular weight is 430 g/mol. The first-order chi connectivity index (χ1) is 12.1. The largest absolute Gasteiger partial charge is 0.353 e. The minimum atomic E-state index is -3.77. The zero-order valence-corrected chi connectivity index (χ0v) is 17.1. The molecule has 1 fully saturated rings. The van der Waals surface area contributed by atoms with Crippen LogP contribution in [0.4, 0.5) is 5.82 Å². The Morgan fingerprint density at radius 2 is 1.70 bits per heavy atom. The Hall–Kier alpha value is -1.87. The van der Waals surface area contributed by atoms with Crippen molar-refractivity contribution < 1.29 is 8.42 Å². The van der Waals surface area contributed by atoms with Crippen molar-refractivity contribution in [3.8, 4) is 0 Å². The monoisotopic (exact) mass is 429 g/mol. The Kier molecular flexibility index (Phi) is 6.69. The van der Waals surface area contributed by atoms with Gasteiger partial charge in [0.15, 0.2) is 0 Å². The third-order valence-corrected chi connectivity index (χ3v) is 5.96. The number of aromatic amines is 1. The second-order valence-electron chi connectivity index (χ2n) is 6.08. The van der Waals surface area contributed by atoms with Gasteiger partial charge in [0, 0.05) is 32.4 Å². The van der Waals surface area contributed by atoms with Crippen LogP contribution in [0, 0.1) is 6.92 Å². The van der Waals surface area contributed by atoms with Crippen LogP contribution < -0.4 is 10.2 Å². The lowest BCUT2D eigenvalue weighted by atomic mass is 10.2. The summed E-state index contributed by atoms with van der Waals surface area (Å²) in [6, 6.07) is 8.30. The lowest BCUT2D eigenvalue weighted by Crippen LogP contribution is -2.44. The minimum Gasteiger partial charge on any atom is -0.353 e.